The second-order valence-corrected chi connectivity index (χ2v) is 3.92. The molecule has 1 rings (SSSR count). The van der Waals surface area contributed by atoms with Crippen LogP contribution in [0.5, 0.6) is 11.5 Å². The summed E-state index contributed by atoms with van der Waals surface area (Å²) >= 11 is 0. The van der Waals surface area contributed by atoms with Gasteiger partial charge in [-0.25, -0.2) is 0 Å². The maximum atomic E-state index is 9.48. The number of rotatable bonds is 2. The summed E-state index contributed by atoms with van der Waals surface area (Å²) in [4.78, 5) is 0. The largest absolute Gasteiger partial charge is 0.508 e. The lowest BCUT2D eigenvalue weighted by Gasteiger charge is -2.07. The van der Waals surface area contributed by atoms with Gasteiger partial charge in [-0.2, -0.15) is 0 Å². The number of hydrogen-bond donors (Lipinski definition) is 1. The molecule has 0 aliphatic rings. The monoisotopic (exact) mass is 182 g/mol. The molecule has 1 aromatic rings. The van der Waals surface area contributed by atoms with E-state index < -0.39 is 0 Å². The van der Waals surface area contributed by atoms with E-state index >= 15 is 0 Å². The highest BCUT2D eigenvalue weighted by molar-refractivity contribution is 6.34. The Morgan fingerprint density at radius 3 is 2.67 bits per heavy atom. The van der Waals surface area contributed by atoms with Gasteiger partial charge >= 0.3 is 0 Å². The molecule has 0 spiro atoms. The summed E-state index contributed by atoms with van der Waals surface area (Å²) in [6.07, 6.45) is 0. The van der Waals surface area contributed by atoms with Crippen molar-refractivity contribution in [3.8, 4) is 11.5 Å². The van der Waals surface area contributed by atoms with E-state index in [-0.39, 0.29) is 0 Å². The molecule has 0 aliphatic heterocycles. The Balaban J connectivity index is 3.04. The Bertz CT molecular complexity index is 261. The summed E-state index contributed by atoms with van der Waals surface area (Å²) < 4.78 is 5.33. The van der Waals surface area contributed by atoms with Crippen molar-refractivity contribution in [2.24, 2.45) is 0 Å². The highest BCUT2D eigenvalue weighted by Gasteiger charge is 2.02. The van der Waals surface area contributed by atoms with Crippen LogP contribution in [0.1, 0.15) is 12.5 Å². The summed E-state index contributed by atoms with van der Waals surface area (Å²) in [5.74, 6) is 1.28. The zero-order chi connectivity index (χ0) is 9.14. The van der Waals surface area contributed by atoms with Crippen LogP contribution < -0.4 is 9.92 Å². The minimum Gasteiger partial charge on any atom is -0.508 e. The predicted octanol–water partition coefficient (Wildman–Crippen LogP) is 0.0900. The third-order valence-electron chi connectivity index (χ3n) is 1.78. The van der Waals surface area contributed by atoms with E-state index in [1.165, 1.54) is 0 Å². The molecule has 0 saturated carbocycles. The average Bonchev–Trinajstić information content (AvgIpc) is 2.01. The fourth-order valence-electron chi connectivity index (χ4n) is 1.17. The lowest BCUT2D eigenvalue weighted by Crippen LogP contribution is -2.05. The maximum absolute atomic E-state index is 9.48. The topological polar surface area (TPSA) is 29.5 Å². The molecule has 1 N–H and O–H groups in total. The molecule has 0 unspecified atom stereocenters. The number of aromatic hydroxyl groups is 1. The van der Waals surface area contributed by atoms with Crippen molar-refractivity contribution in [1.82, 2.24) is 0 Å². The first kappa shape index (κ1) is 9.13. The van der Waals surface area contributed by atoms with E-state index in [0.717, 1.165) is 26.7 Å². The van der Waals surface area contributed by atoms with Crippen LogP contribution in [0.25, 0.3) is 0 Å². The third-order valence-corrected chi connectivity index (χ3v) is 2.54. The van der Waals surface area contributed by atoms with Gasteiger partial charge in [0.05, 0.1) is 6.61 Å². The molecule has 12 heavy (non-hydrogen) atoms. The third kappa shape index (κ3) is 1.79. The number of phenols is 1. The second-order valence-electron chi connectivity index (χ2n) is 2.84. The smallest absolute Gasteiger partial charge is 0.119 e. The van der Waals surface area contributed by atoms with Gasteiger partial charge in [0.2, 0.25) is 0 Å². The molecule has 0 saturated heterocycles. The van der Waals surface area contributed by atoms with Gasteiger partial charge in [0.25, 0.3) is 0 Å². The average molecular weight is 182 g/mol. The van der Waals surface area contributed by atoms with E-state index in [4.69, 9.17) is 4.74 Å². The van der Waals surface area contributed by atoms with E-state index in [1.807, 2.05) is 26.0 Å². The van der Waals surface area contributed by atoms with Gasteiger partial charge in [0, 0.05) is 10.2 Å². The summed E-state index contributed by atoms with van der Waals surface area (Å²) in [6.45, 7) is 4.51. The molecular weight excluding hydrogens is 168 g/mol. The van der Waals surface area contributed by atoms with E-state index in [9.17, 15) is 5.11 Å². The summed E-state index contributed by atoms with van der Waals surface area (Å²) in [7, 11) is 0.850. The van der Waals surface area contributed by atoms with Crippen molar-refractivity contribution in [2.45, 2.75) is 13.8 Å². The van der Waals surface area contributed by atoms with Gasteiger partial charge in [-0.05, 0) is 36.7 Å². The molecule has 0 heterocycles. The SMILES string of the molecule is CCOc1cc(C)c(O)c([SiH3])c1. The van der Waals surface area contributed by atoms with Crippen LogP contribution in [0.3, 0.4) is 0 Å². The van der Waals surface area contributed by atoms with Crippen LogP contribution in [0.2, 0.25) is 0 Å². The molecule has 66 valence electrons. The first-order valence-electron chi connectivity index (χ1n) is 4.08. The molecule has 3 heteroatoms. The van der Waals surface area contributed by atoms with Crippen molar-refractivity contribution < 1.29 is 9.84 Å². The lowest BCUT2D eigenvalue weighted by atomic mass is 10.2. The molecule has 0 radical (unpaired) electrons. The molecule has 0 atom stereocenters. The molecule has 2 nitrogen and oxygen atoms in total. The molecular formula is C9H14O2Si. The highest BCUT2D eigenvalue weighted by Crippen LogP contribution is 2.18. The number of hydrogen-bond acceptors (Lipinski definition) is 2. The van der Waals surface area contributed by atoms with E-state index in [1.54, 1.807) is 0 Å². The zero-order valence-electron chi connectivity index (χ0n) is 7.72. The van der Waals surface area contributed by atoms with E-state index in [2.05, 4.69) is 0 Å². The van der Waals surface area contributed by atoms with Crippen LogP contribution in [0, 0.1) is 6.92 Å². The van der Waals surface area contributed by atoms with Crippen molar-refractivity contribution in [3.05, 3.63) is 17.7 Å². The first-order chi connectivity index (χ1) is 5.65. The van der Waals surface area contributed by atoms with Gasteiger partial charge in [-0.3, -0.25) is 0 Å². The van der Waals surface area contributed by atoms with Crippen LogP contribution >= 0.6 is 0 Å². The van der Waals surface area contributed by atoms with Gasteiger partial charge in [-0.15, -0.1) is 0 Å². The maximum Gasteiger partial charge on any atom is 0.119 e. The minimum absolute atomic E-state index is 0.421. The lowest BCUT2D eigenvalue weighted by molar-refractivity contribution is 0.339. The van der Waals surface area contributed by atoms with Crippen LogP contribution in [-0.4, -0.2) is 22.0 Å². The Morgan fingerprint density at radius 2 is 2.17 bits per heavy atom. The minimum atomic E-state index is 0.421. The van der Waals surface area contributed by atoms with Crippen molar-refractivity contribution >= 4 is 15.4 Å². The molecule has 1 aromatic carbocycles. The van der Waals surface area contributed by atoms with Crippen LogP contribution in [-0.2, 0) is 0 Å². The molecule has 0 bridgehead atoms. The summed E-state index contributed by atoms with van der Waals surface area (Å²) in [6, 6.07) is 3.76. The van der Waals surface area contributed by atoms with Gasteiger partial charge in [-0.1, -0.05) is 0 Å². The number of ether oxygens (including phenoxy) is 1. The zero-order valence-corrected chi connectivity index (χ0v) is 9.72. The first-order valence-corrected chi connectivity index (χ1v) is 5.08. The number of aryl methyl sites for hydroxylation is 1. The summed E-state index contributed by atoms with van der Waals surface area (Å²) in [5, 5.41) is 10.5. The van der Waals surface area contributed by atoms with Crippen LogP contribution in [0.4, 0.5) is 0 Å². The Kier molecular flexibility index (Phi) is 2.76. The van der Waals surface area contributed by atoms with Gasteiger partial charge in [0.15, 0.2) is 0 Å². The Labute approximate surface area is 75.6 Å². The molecule has 0 amide bonds. The number of benzene rings is 1. The molecule has 0 aromatic heterocycles. The van der Waals surface area contributed by atoms with Crippen LogP contribution in [0.15, 0.2) is 12.1 Å². The fourth-order valence-corrected chi connectivity index (χ4v) is 1.85. The van der Waals surface area contributed by atoms with Crippen molar-refractivity contribution in [3.63, 3.8) is 0 Å². The standard InChI is InChI=1S/C9H14O2Si/c1-3-11-7-4-6(2)9(10)8(12)5-7/h4-5,10H,3H2,1-2,12H3. The summed E-state index contributed by atoms with van der Waals surface area (Å²) in [5.41, 5.74) is 0.894. The normalized spacial score (nSPS) is 10.2. The number of phenolic OH excluding ortho intramolecular Hbond substituents is 1. The fraction of sp³-hybridized carbons (Fsp3) is 0.333. The van der Waals surface area contributed by atoms with Gasteiger partial charge in [0.1, 0.15) is 11.5 Å². The van der Waals surface area contributed by atoms with E-state index in [0.29, 0.717) is 12.4 Å². The highest BCUT2D eigenvalue weighted by atomic mass is 28.1. The Hall–Kier alpha value is -0.963. The quantitative estimate of drug-likeness (QED) is 0.657. The van der Waals surface area contributed by atoms with Crippen molar-refractivity contribution in [2.75, 3.05) is 6.61 Å². The predicted molar refractivity (Wildman–Crippen MR) is 53.6 cm³/mol. The van der Waals surface area contributed by atoms with Gasteiger partial charge < -0.3 is 9.84 Å². The molecule has 0 fully saturated rings. The second kappa shape index (κ2) is 3.63. The Morgan fingerprint density at radius 1 is 1.50 bits per heavy atom. The van der Waals surface area contributed by atoms with Crippen molar-refractivity contribution in [1.29, 1.82) is 0 Å². The molecule has 0 aliphatic carbocycles.